The summed E-state index contributed by atoms with van der Waals surface area (Å²) in [5.41, 5.74) is 2.35. The molecule has 1 aromatic rings. The van der Waals surface area contributed by atoms with Gasteiger partial charge in [0.05, 0.1) is 12.5 Å². The second kappa shape index (κ2) is 8.33. The van der Waals surface area contributed by atoms with Crippen molar-refractivity contribution < 1.29 is 19.2 Å². The molecule has 1 heterocycles. The fraction of sp³-hybridized carbons (Fsp3) is 0.500. The first-order valence-electron chi connectivity index (χ1n) is 9.48. The summed E-state index contributed by atoms with van der Waals surface area (Å²) >= 11 is 0. The lowest BCUT2D eigenvalue weighted by molar-refractivity contribution is -0.128. The molecule has 1 atom stereocenters. The molecule has 2 N–H and O–H groups in total. The van der Waals surface area contributed by atoms with Crippen molar-refractivity contribution in [3.05, 3.63) is 34.9 Å². The van der Waals surface area contributed by atoms with Gasteiger partial charge in [0.1, 0.15) is 5.78 Å². The summed E-state index contributed by atoms with van der Waals surface area (Å²) in [5.74, 6) is -0.354. The molecule has 3 rings (SSSR count). The average molecular weight is 371 g/mol. The highest BCUT2D eigenvalue weighted by Gasteiger charge is 2.37. The van der Waals surface area contributed by atoms with Crippen molar-refractivity contribution in [2.24, 2.45) is 0 Å². The summed E-state index contributed by atoms with van der Waals surface area (Å²) in [6.45, 7) is 3.35. The van der Waals surface area contributed by atoms with Crippen molar-refractivity contribution in [1.29, 1.82) is 0 Å². The zero-order valence-corrected chi connectivity index (χ0v) is 15.5. The molecule has 0 aromatic heterocycles. The number of ketones is 2. The number of fused-ring (bicyclic) bond motifs is 1. The highest BCUT2D eigenvalue weighted by Crippen LogP contribution is 2.29. The van der Waals surface area contributed by atoms with Crippen LogP contribution in [0.25, 0.3) is 0 Å². The standard InChI is InChI=1S/C20H25N3O4/c1-2-8-21-20(27)22-11-13-6-7-16-14(9-13)12-23(19(16)26)17-5-3-4-15(24)10-18(17)25/h6-7,9,17H,2-5,8,10-12H2,1H3,(H2,21,22,27). The lowest BCUT2D eigenvalue weighted by Gasteiger charge is -2.25. The highest BCUT2D eigenvalue weighted by molar-refractivity contribution is 6.06. The van der Waals surface area contributed by atoms with Crippen LogP contribution in [0.3, 0.4) is 0 Å². The van der Waals surface area contributed by atoms with Crippen molar-refractivity contribution >= 4 is 23.5 Å². The van der Waals surface area contributed by atoms with Crippen molar-refractivity contribution in [3.63, 3.8) is 0 Å². The number of hydrogen-bond donors (Lipinski definition) is 2. The Bertz CT molecular complexity index is 774. The van der Waals surface area contributed by atoms with Gasteiger partial charge >= 0.3 is 6.03 Å². The maximum Gasteiger partial charge on any atom is 0.315 e. The van der Waals surface area contributed by atoms with Gasteiger partial charge in [-0.2, -0.15) is 0 Å². The maximum atomic E-state index is 12.7. The first kappa shape index (κ1) is 19.1. The first-order valence-corrected chi connectivity index (χ1v) is 9.48. The number of amides is 3. The molecule has 1 aliphatic carbocycles. The predicted molar refractivity (Wildman–Crippen MR) is 99.1 cm³/mol. The van der Waals surface area contributed by atoms with Crippen LogP contribution in [0.2, 0.25) is 0 Å². The maximum absolute atomic E-state index is 12.7. The Morgan fingerprint density at radius 3 is 2.81 bits per heavy atom. The number of hydrogen-bond acceptors (Lipinski definition) is 4. The van der Waals surface area contributed by atoms with E-state index in [-0.39, 0.29) is 29.9 Å². The van der Waals surface area contributed by atoms with Gasteiger partial charge in [-0.25, -0.2) is 4.79 Å². The Labute approximate surface area is 158 Å². The molecule has 1 unspecified atom stereocenters. The molecule has 1 aromatic carbocycles. The Balaban J connectivity index is 1.67. The van der Waals surface area contributed by atoms with E-state index in [4.69, 9.17) is 0 Å². The third-order valence-electron chi connectivity index (χ3n) is 5.04. The second-order valence-corrected chi connectivity index (χ2v) is 7.12. The van der Waals surface area contributed by atoms with Crippen LogP contribution >= 0.6 is 0 Å². The van der Waals surface area contributed by atoms with Gasteiger partial charge in [-0.15, -0.1) is 0 Å². The molecular formula is C20H25N3O4. The molecule has 7 nitrogen and oxygen atoms in total. The minimum atomic E-state index is -0.516. The molecule has 7 heteroatoms. The van der Waals surface area contributed by atoms with Crippen molar-refractivity contribution in [3.8, 4) is 0 Å². The molecule has 1 saturated carbocycles. The largest absolute Gasteiger partial charge is 0.338 e. The van der Waals surface area contributed by atoms with Crippen molar-refractivity contribution in [2.75, 3.05) is 6.54 Å². The van der Waals surface area contributed by atoms with Crippen LogP contribution in [-0.4, -0.2) is 41.0 Å². The van der Waals surface area contributed by atoms with Crippen LogP contribution in [-0.2, 0) is 22.7 Å². The van der Waals surface area contributed by atoms with E-state index in [1.54, 1.807) is 11.0 Å². The molecule has 1 aliphatic heterocycles. The molecule has 1 fully saturated rings. The van der Waals surface area contributed by atoms with Crippen LogP contribution in [0.5, 0.6) is 0 Å². The number of carbonyl (C=O) groups is 4. The molecule has 2 aliphatic rings. The lowest BCUT2D eigenvalue weighted by atomic mass is 10.1. The molecule has 3 amide bonds. The topological polar surface area (TPSA) is 95.6 Å². The van der Waals surface area contributed by atoms with Gasteiger partial charge in [-0.05, 0) is 36.5 Å². The van der Waals surface area contributed by atoms with Crippen molar-refractivity contribution in [2.45, 2.75) is 58.2 Å². The Kier molecular flexibility index (Phi) is 5.88. The molecule has 0 saturated heterocycles. The number of nitrogens with zero attached hydrogens (tertiary/aromatic N) is 1. The van der Waals surface area contributed by atoms with Crippen LogP contribution in [0.4, 0.5) is 4.79 Å². The van der Waals surface area contributed by atoms with E-state index in [0.29, 0.717) is 44.5 Å². The molecule has 0 radical (unpaired) electrons. The fourth-order valence-electron chi connectivity index (χ4n) is 3.63. The summed E-state index contributed by atoms with van der Waals surface area (Å²) in [4.78, 5) is 50.0. The third kappa shape index (κ3) is 4.35. The summed E-state index contributed by atoms with van der Waals surface area (Å²) in [6.07, 6.45) is 2.38. The number of Topliss-reactive ketones (excluding diaryl/α,β-unsaturated/α-hetero) is 2. The molecule has 0 bridgehead atoms. The van der Waals surface area contributed by atoms with E-state index in [2.05, 4.69) is 10.6 Å². The highest BCUT2D eigenvalue weighted by atomic mass is 16.2. The minimum absolute atomic E-state index is 0.0404. The van der Waals surface area contributed by atoms with Gasteiger partial charge in [0, 0.05) is 31.6 Å². The second-order valence-electron chi connectivity index (χ2n) is 7.12. The van der Waals surface area contributed by atoms with Crippen LogP contribution in [0.1, 0.15) is 60.5 Å². The van der Waals surface area contributed by atoms with E-state index >= 15 is 0 Å². The van der Waals surface area contributed by atoms with Crippen LogP contribution in [0.15, 0.2) is 18.2 Å². The SMILES string of the molecule is CCCNC(=O)NCc1ccc2c(c1)CN(C1CCCC(=O)CC1=O)C2=O. The first-order chi connectivity index (χ1) is 13.0. The average Bonchev–Trinajstić information content (AvgIpc) is 2.86. The minimum Gasteiger partial charge on any atom is -0.338 e. The number of rotatable bonds is 5. The summed E-state index contributed by atoms with van der Waals surface area (Å²) in [7, 11) is 0. The predicted octanol–water partition coefficient (Wildman–Crippen LogP) is 1.93. The molecule has 27 heavy (non-hydrogen) atoms. The van der Waals surface area contributed by atoms with Crippen molar-refractivity contribution in [1.82, 2.24) is 15.5 Å². The molecule has 144 valence electrons. The van der Waals surface area contributed by atoms with E-state index in [0.717, 1.165) is 17.5 Å². The molecule has 0 spiro atoms. The Morgan fingerprint density at radius 2 is 2.04 bits per heavy atom. The summed E-state index contributed by atoms with van der Waals surface area (Å²) < 4.78 is 0. The lowest BCUT2D eigenvalue weighted by Crippen LogP contribution is -2.41. The number of carbonyl (C=O) groups excluding carboxylic acids is 4. The van der Waals surface area contributed by atoms with E-state index in [1.165, 1.54) is 0 Å². The van der Waals surface area contributed by atoms with Crippen LogP contribution < -0.4 is 10.6 Å². The number of benzene rings is 1. The number of nitrogens with one attached hydrogen (secondary N) is 2. The quantitative estimate of drug-likeness (QED) is 0.611. The normalized spacial score (nSPS) is 19.7. The fourth-order valence-corrected chi connectivity index (χ4v) is 3.63. The smallest absolute Gasteiger partial charge is 0.315 e. The Morgan fingerprint density at radius 1 is 1.22 bits per heavy atom. The summed E-state index contributed by atoms with van der Waals surface area (Å²) in [6, 6.07) is 4.74. The Hall–Kier alpha value is -2.70. The monoisotopic (exact) mass is 371 g/mol. The zero-order valence-electron chi connectivity index (χ0n) is 15.5. The van der Waals surface area contributed by atoms with Gasteiger partial charge in [0.15, 0.2) is 5.78 Å². The van der Waals surface area contributed by atoms with Gasteiger partial charge in [-0.3, -0.25) is 14.4 Å². The number of urea groups is 1. The zero-order chi connectivity index (χ0) is 19.4. The summed E-state index contributed by atoms with van der Waals surface area (Å²) in [5, 5.41) is 5.54. The van der Waals surface area contributed by atoms with Gasteiger partial charge < -0.3 is 15.5 Å². The van der Waals surface area contributed by atoms with Gasteiger partial charge in [0.25, 0.3) is 5.91 Å². The third-order valence-corrected chi connectivity index (χ3v) is 5.04. The van der Waals surface area contributed by atoms with Crippen LogP contribution in [0, 0.1) is 0 Å². The van der Waals surface area contributed by atoms with E-state index < -0.39 is 6.04 Å². The van der Waals surface area contributed by atoms with Gasteiger partial charge in [-0.1, -0.05) is 19.1 Å². The molecular weight excluding hydrogens is 346 g/mol. The van der Waals surface area contributed by atoms with Gasteiger partial charge in [0.2, 0.25) is 0 Å². The van der Waals surface area contributed by atoms with E-state index in [1.807, 2.05) is 19.1 Å². The van der Waals surface area contributed by atoms with E-state index in [9.17, 15) is 19.2 Å².